The number of hydrogen-bond donors (Lipinski definition) is 1. The lowest BCUT2D eigenvalue weighted by Gasteiger charge is -2.26. The van der Waals surface area contributed by atoms with Crippen LogP contribution < -0.4 is 4.74 Å². The van der Waals surface area contributed by atoms with Crippen LogP contribution in [-0.4, -0.2) is 62.2 Å². The van der Waals surface area contributed by atoms with Crippen molar-refractivity contribution in [2.75, 3.05) is 32.0 Å². The quantitative estimate of drug-likeness (QED) is 0.233. The van der Waals surface area contributed by atoms with Gasteiger partial charge in [0.15, 0.2) is 0 Å². The van der Waals surface area contributed by atoms with Gasteiger partial charge in [-0.1, -0.05) is 36.3 Å². The van der Waals surface area contributed by atoms with Crippen molar-refractivity contribution in [1.82, 2.24) is 19.5 Å². The molecule has 0 atom stereocenters. The molecule has 1 aromatic carbocycles. The van der Waals surface area contributed by atoms with Crippen molar-refractivity contribution in [3.63, 3.8) is 0 Å². The Hall–Kier alpha value is -3.57. The monoisotopic (exact) mass is 524 g/mol. The summed E-state index contributed by atoms with van der Waals surface area (Å²) in [5.41, 5.74) is 4.70. The summed E-state index contributed by atoms with van der Waals surface area (Å²) in [7, 11) is 0. The zero-order chi connectivity index (χ0) is 26.5. The van der Waals surface area contributed by atoms with E-state index in [1.807, 2.05) is 24.0 Å². The first-order chi connectivity index (χ1) is 18.4. The maximum atomic E-state index is 10.1. The third-order valence-electron chi connectivity index (χ3n) is 6.45. The molecule has 1 N–H and O–H groups in total. The van der Waals surface area contributed by atoms with Crippen LogP contribution in [0.1, 0.15) is 31.5 Å². The van der Waals surface area contributed by atoms with E-state index in [1.165, 1.54) is 10.5 Å². The molecule has 1 aliphatic heterocycles. The van der Waals surface area contributed by atoms with Gasteiger partial charge in [0, 0.05) is 47.6 Å². The fraction of sp³-hybridized carbons (Fsp3) is 0.290. The number of aliphatic hydroxyl groups is 1. The first-order valence-corrected chi connectivity index (χ1v) is 13.8. The fourth-order valence-electron chi connectivity index (χ4n) is 4.46. The maximum absolute atomic E-state index is 10.1. The van der Waals surface area contributed by atoms with E-state index in [-0.39, 0.29) is 6.61 Å². The average Bonchev–Trinajstić information content (AvgIpc) is 3.35. The molecule has 0 spiro atoms. The molecule has 0 aliphatic carbocycles. The van der Waals surface area contributed by atoms with E-state index >= 15 is 0 Å². The lowest BCUT2D eigenvalue weighted by atomic mass is 10.0. The lowest BCUT2D eigenvalue weighted by Crippen LogP contribution is -2.30. The summed E-state index contributed by atoms with van der Waals surface area (Å²) in [5, 5.41) is 14.5. The molecule has 194 valence electrons. The van der Waals surface area contributed by atoms with Crippen molar-refractivity contribution in [2.24, 2.45) is 0 Å². The van der Waals surface area contributed by atoms with Gasteiger partial charge in [-0.15, -0.1) is 18.2 Å². The Morgan fingerprint density at radius 3 is 2.68 bits per heavy atom. The van der Waals surface area contributed by atoms with Gasteiger partial charge in [0.2, 0.25) is 0 Å². The summed E-state index contributed by atoms with van der Waals surface area (Å²) < 4.78 is 7.60. The predicted molar refractivity (Wildman–Crippen MR) is 154 cm³/mol. The van der Waals surface area contributed by atoms with Crippen molar-refractivity contribution in [3.8, 4) is 29.2 Å². The van der Waals surface area contributed by atoms with E-state index in [1.54, 1.807) is 30.8 Å². The number of hydrogen-bond acceptors (Lipinski definition) is 6. The van der Waals surface area contributed by atoms with Crippen LogP contribution in [0.2, 0.25) is 0 Å². The third-order valence-corrected chi connectivity index (χ3v) is 7.44. The van der Waals surface area contributed by atoms with Crippen LogP contribution in [0.3, 0.4) is 0 Å². The van der Waals surface area contributed by atoms with E-state index in [0.29, 0.717) is 11.3 Å². The second-order valence-electron chi connectivity index (χ2n) is 10.1. The van der Waals surface area contributed by atoms with Crippen LogP contribution in [0.15, 0.2) is 78.1 Å². The van der Waals surface area contributed by atoms with Gasteiger partial charge >= 0.3 is 0 Å². The molecule has 0 amide bonds. The minimum Gasteiger partial charge on any atom is -0.489 e. The van der Waals surface area contributed by atoms with Gasteiger partial charge in [-0.05, 0) is 50.1 Å². The van der Waals surface area contributed by atoms with Gasteiger partial charge in [0.1, 0.15) is 12.4 Å². The summed E-state index contributed by atoms with van der Waals surface area (Å²) in [6.45, 7) is 6.63. The Labute approximate surface area is 228 Å². The van der Waals surface area contributed by atoms with Gasteiger partial charge in [0.05, 0.1) is 34.8 Å². The number of benzene rings is 1. The molecule has 6 nitrogen and oxygen atoms in total. The lowest BCUT2D eigenvalue weighted by molar-refractivity contribution is 0.0283. The second-order valence-corrected chi connectivity index (χ2v) is 11.2. The van der Waals surface area contributed by atoms with Gasteiger partial charge < -0.3 is 9.84 Å². The number of thioether (sulfide) groups is 1. The zero-order valence-corrected chi connectivity index (χ0v) is 22.6. The van der Waals surface area contributed by atoms with E-state index in [0.717, 1.165) is 54.1 Å². The van der Waals surface area contributed by atoms with E-state index in [9.17, 15) is 5.11 Å². The summed E-state index contributed by atoms with van der Waals surface area (Å²) in [4.78, 5) is 8.63. The molecule has 0 saturated heterocycles. The van der Waals surface area contributed by atoms with Crippen molar-refractivity contribution in [1.29, 1.82) is 0 Å². The Morgan fingerprint density at radius 1 is 1.16 bits per heavy atom. The van der Waals surface area contributed by atoms with Crippen LogP contribution in [0.5, 0.6) is 5.75 Å². The van der Waals surface area contributed by atoms with Crippen molar-refractivity contribution >= 4 is 22.9 Å². The van der Waals surface area contributed by atoms with Crippen molar-refractivity contribution in [2.45, 2.75) is 30.8 Å². The fourth-order valence-corrected chi connectivity index (χ4v) is 5.40. The second kappa shape index (κ2) is 11.4. The topological polar surface area (TPSA) is 62.9 Å². The average molecular weight is 525 g/mol. The molecule has 1 aliphatic rings. The highest BCUT2D eigenvalue weighted by molar-refractivity contribution is 7.99. The number of rotatable bonds is 9. The molecule has 4 heterocycles. The van der Waals surface area contributed by atoms with Crippen molar-refractivity contribution < 1.29 is 9.84 Å². The first kappa shape index (κ1) is 26.1. The van der Waals surface area contributed by atoms with E-state index in [4.69, 9.17) is 16.1 Å². The number of terminal acetylenes is 1. The largest absolute Gasteiger partial charge is 0.489 e. The molecular weight excluding hydrogens is 492 g/mol. The molecule has 5 rings (SSSR count). The SMILES string of the molecule is C#Cc1cnn2cc(OCC(C)(C)O)cc(-c3ccc(C4=CCN(CCSc5ccccc5)CC4)nc3)c12. The van der Waals surface area contributed by atoms with Gasteiger partial charge in [0.25, 0.3) is 0 Å². The third kappa shape index (κ3) is 6.28. The maximum Gasteiger partial charge on any atom is 0.138 e. The zero-order valence-electron chi connectivity index (χ0n) is 21.8. The summed E-state index contributed by atoms with van der Waals surface area (Å²) in [6, 6.07) is 16.7. The minimum absolute atomic E-state index is 0.161. The standard InChI is InChI=1S/C31H32N4O2S/c1-4-23-20-33-35-21-26(37-22-31(2,3)36)18-28(30(23)35)25-10-11-29(32-19-25)24-12-14-34(15-13-24)16-17-38-27-8-6-5-7-9-27/h1,5-12,18-21,36H,13-17,22H2,2-3H3. The van der Waals surface area contributed by atoms with Crippen LogP contribution in [-0.2, 0) is 0 Å². The van der Waals surface area contributed by atoms with Gasteiger partial charge in [-0.3, -0.25) is 9.88 Å². The molecular formula is C31H32N4O2S. The highest BCUT2D eigenvalue weighted by Crippen LogP contribution is 2.32. The first-order valence-electron chi connectivity index (χ1n) is 12.8. The van der Waals surface area contributed by atoms with E-state index in [2.05, 4.69) is 64.5 Å². The Morgan fingerprint density at radius 2 is 2.00 bits per heavy atom. The Kier molecular flexibility index (Phi) is 7.85. The molecule has 7 heteroatoms. The number of aromatic nitrogens is 3. The summed E-state index contributed by atoms with van der Waals surface area (Å²) in [5.74, 6) is 4.41. The highest BCUT2D eigenvalue weighted by atomic mass is 32.2. The van der Waals surface area contributed by atoms with E-state index < -0.39 is 5.60 Å². The van der Waals surface area contributed by atoms with Gasteiger partial charge in [-0.2, -0.15) is 5.10 Å². The summed E-state index contributed by atoms with van der Waals surface area (Å²) in [6.07, 6.45) is 14.4. The summed E-state index contributed by atoms with van der Waals surface area (Å²) >= 11 is 1.91. The van der Waals surface area contributed by atoms with Gasteiger partial charge in [-0.25, -0.2) is 4.52 Å². The van der Waals surface area contributed by atoms with Crippen LogP contribution in [0.25, 0.3) is 22.2 Å². The van der Waals surface area contributed by atoms with Crippen LogP contribution in [0, 0.1) is 12.3 Å². The Bertz CT molecular complexity index is 1460. The molecule has 4 aromatic rings. The predicted octanol–water partition coefficient (Wildman–Crippen LogP) is 5.41. The van der Waals surface area contributed by atoms with Crippen molar-refractivity contribution in [3.05, 3.63) is 84.5 Å². The number of nitrogens with zero attached hydrogens (tertiary/aromatic N) is 4. The Balaban J connectivity index is 1.29. The molecule has 38 heavy (non-hydrogen) atoms. The molecule has 0 saturated carbocycles. The molecule has 0 unspecified atom stereocenters. The molecule has 3 aromatic heterocycles. The number of fused-ring (bicyclic) bond motifs is 1. The number of pyridine rings is 2. The molecule has 0 bridgehead atoms. The van der Waals surface area contributed by atoms with Crippen LogP contribution >= 0.6 is 11.8 Å². The molecule has 0 fully saturated rings. The van der Waals surface area contributed by atoms with Crippen LogP contribution in [0.4, 0.5) is 0 Å². The highest BCUT2D eigenvalue weighted by Gasteiger charge is 2.18. The molecule has 0 radical (unpaired) electrons. The smallest absolute Gasteiger partial charge is 0.138 e. The normalized spacial score (nSPS) is 14.3. The number of ether oxygens (including phenoxy) is 1. The minimum atomic E-state index is -0.948.